The Morgan fingerprint density at radius 1 is 0.814 bits per heavy atom. The number of primary amides is 1. The van der Waals surface area contributed by atoms with Gasteiger partial charge in [0.05, 0.1) is 36.4 Å². The molecule has 0 rings (SSSR count). The summed E-state index contributed by atoms with van der Waals surface area (Å²) in [4.78, 5) is 22.6. The van der Waals surface area contributed by atoms with E-state index in [0.717, 1.165) is 5.57 Å². The zero-order valence-electron chi connectivity index (χ0n) is 27.1. The molecule has 10 heteroatoms. The number of hydrogen-bond acceptors (Lipinski definition) is 8. The summed E-state index contributed by atoms with van der Waals surface area (Å²) < 4.78 is 5.35. The first-order valence-corrected chi connectivity index (χ1v) is 15.1. The lowest BCUT2D eigenvalue weighted by Crippen LogP contribution is -2.41. The van der Waals surface area contributed by atoms with E-state index in [1.807, 2.05) is 46.8 Å². The van der Waals surface area contributed by atoms with E-state index in [2.05, 4.69) is 6.58 Å². The van der Waals surface area contributed by atoms with E-state index in [0.29, 0.717) is 6.42 Å². The molecule has 0 aliphatic carbocycles. The highest BCUT2D eigenvalue weighted by Crippen LogP contribution is 2.29. The molecule has 10 nitrogen and oxygen atoms in total. The number of carboxylic acids is 1. The van der Waals surface area contributed by atoms with E-state index in [4.69, 9.17) is 15.6 Å². The van der Waals surface area contributed by atoms with Crippen LogP contribution in [0.25, 0.3) is 0 Å². The molecule has 13 atom stereocenters. The van der Waals surface area contributed by atoms with E-state index in [9.17, 15) is 35.1 Å². The molecule has 248 valence electrons. The largest absolute Gasteiger partial charge is 0.481 e. The first kappa shape index (κ1) is 40.5. The van der Waals surface area contributed by atoms with Gasteiger partial charge in [0.1, 0.15) is 6.10 Å². The summed E-state index contributed by atoms with van der Waals surface area (Å²) in [5.74, 6) is -4.32. The van der Waals surface area contributed by atoms with E-state index in [-0.39, 0.29) is 30.1 Å². The molecular weight excluding hydrogens is 554 g/mol. The van der Waals surface area contributed by atoms with Gasteiger partial charge in [-0.1, -0.05) is 90.2 Å². The molecule has 0 heterocycles. The van der Waals surface area contributed by atoms with Crippen LogP contribution in [0.4, 0.5) is 4.79 Å². The number of nitrogens with two attached hydrogens (primary N) is 1. The molecule has 0 fully saturated rings. The van der Waals surface area contributed by atoms with Crippen molar-refractivity contribution in [1.82, 2.24) is 0 Å². The first-order chi connectivity index (χ1) is 19.8. The maximum atomic E-state index is 11.5. The van der Waals surface area contributed by atoms with Gasteiger partial charge in [0, 0.05) is 36.0 Å². The molecular formula is C33H57NO9. The molecule has 0 bridgehead atoms. The lowest BCUT2D eigenvalue weighted by atomic mass is 9.81. The Hall–Kier alpha value is -2.50. The van der Waals surface area contributed by atoms with Crippen molar-refractivity contribution in [2.45, 2.75) is 105 Å². The average molecular weight is 612 g/mol. The van der Waals surface area contributed by atoms with Crippen LogP contribution in [0.15, 0.2) is 48.6 Å². The SMILES string of the molecule is C=C/C=C\[C@H](C)C(OC(N)=O)C(C)C(O)C(C)C/C(C)=C\[C@H](C)[C@@H](O)[C@@H](C)/C=C\[C@@H](O)C[C@H](O)C(C)C(O)C(C)C(=O)O. The van der Waals surface area contributed by atoms with Gasteiger partial charge in [-0.2, -0.15) is 0 Å². The maximum Gasteiger partial charge on any atom is 0.404 e. The number of allylic oxidation sites excluding steroid dienone is 3. The van der Waals surface area contributed by atoms with Crippen LogP contribution in [0.2, 0.25) is 0 Å². The highest BCUT2D eigenvalue weighted by molar-refractivity contribution is 5.70. The van der Waals surface area contributed by atoms with Crippen LogP contribution in [0, 0.1) is 41.4 Å². The van der Waals surface area contributed by atoms with Crippen molar-refractivity contribution in [1.29, 1.82) is 0 Å². The van der Waals surface area contributed by atoms with Gasteiger partial charge in [0.15, 0.2) is 0 Å². The normalized spacial score (nSPS) is 21.9. The molecule has 0 aromatic carbocycles. The minimum Gasteiger partial charge on any atom is -0.481 e. The lowest BCUT2D eigenvalue weighted by Gasteiger charge is -2.33. The number of carboxylic acid groups (broad SMARTS) is 1. The molecule has 0 aromatic rings. The summed E-state index contributed by atoms with van der Waals surface area (Å²) in [7, 11) is 0. The van der Waals surface area contributed by atoms with Crippen LogP contribution < -0.4 is 5.73 Å². The third-order valence-electron chi connectivity index (χ3n) is 8.40. The van der Waals surface area contributed by atoms with Gasteiger partial charge in [-0.3, -0.25) is 4.79 Å². The monoisotopic (exact) mass is 611 g/mol. The molecule has 0 saturated carbocycles. The number of carbonyl (C=O) groups is 2. The smallest absolute Gasteiger partial charge is 0.404 e. The molecule has 0 aliphatic rings. The summed E-state index contributed by atoms with van der Waals surface area (Å²) in [6.45, 7) is 17.8. The molecule has 0 spiro atoms. The summed E-state index contributed by atoms with van der Waals surface area (Å²) in [5, 5.41) is 61.9. The number of rotatable bonds is 20. The van der Waals surface area contributed by atoms with Crippen molar-refractivity contribution in [2.24, 2.45) is 47.2 Å². The molecule has 0 aromatic heterocycles. The Balaban J connectivity index is 5.21. The quantitative estimate of drug-likeness (QED) is 0.0792. The standard InChI is InChI=1S/C33H57NO9/c1-10-11-12-20(4)31(43-33(34)42)24(8)29(38)22(6)16-18(2)15-21(5)28(37)19(3)13-14-26(35)17-27(36)23(7)30(39)25(9)32(40)41/h10-15,19-31,35-39H,1,16-17H2,2-9H3,(H2,34,42)(H,40,41)/b12-11-,14-13-,18-15-/t19-,20-,21-,22?,23?,24?,25?,26+,27-,28-,29?,30?,31?/m0/s1. The summed E-state index contributed by atoms with van der Waals surface area (Å²) in [6.07, 6.45) is 4.24. The van der Waals surface area contributed by atoms with Crippen LogP contribution in [-0.2, 0) is 9.53 Å². The van der Waals surface area contributed by atoms with E-state index in [1.165, 1.54) is 19.9 Å². The fourth-order valence-electron chi connectivity index (χ4n) is 5.41. The second-order valence-corrected chi connectivity index (χ2v) is 12.4. The van der Waals surface area contributed by atoms with Crippen molar-refractivity contribution < 1.29 is 45.0 Å². The predicted octanol–water partition coefficient (Wildman–Crippen LogP) is 3.82. The predicted molar refractivity (Wildman–Crippen MR) is 168 cm³/mol. The third kappa shape index (κ3) is 14.2. The van der Waals surface area contributed by atoms with Crippen molar-refractivity contribution in [3.05, 3.63) is 48.6 Å². The Bertz CT molecular complexity index is 949. The van der Waals surface area contributed by atoms with Crippen molar-refractivity contribution in [3.63, 3.8) is 0 Å². The zero-order valence-corrected chi connectivity index (χ0v) is 27.1. The van der Waals surface area contributed by atoms with Gasteiger partial charge in [0.25, 0.3) is 0 Å². The molecule has 7 unspecified atom stereocenters. The van der Waals surface area contributed by atoms with Crippen molar-refractivity contribution >= 4 is 12.1 Å². The van der Waals surface area contributed by atoms with Gasteiger partial charge in [-0.15, -0.1) is 0 Å². The summed E-state index contributed by atoms with van der Waals surface area (Å²) in [6, 6.07) is 0. The van der Waals surface area contributed by atoms with E-state index < -0.39 is 66.4 Å². The van der Waals surface area contributed by atoms with E-state index in [1.54, 1.807) is 25.2 Å². The molecule has 43 heavy (non-hydrogen) atoms. The Labute approximate surface area is 257 Å². The highest BCUT2D eigenvalue weighted by Gasteiger charge is 2.34. The van der Waals surface area contributed by atoms with Gasteiger partial charge in [0.2, 0.25) is 0 Å². The lowest BCUT2D eigenvalue weighted by molar-refractivity contribution is -0.147. The molecule has 8 N–H and O–H groups in total. The second-order valence-electron chi connectivity index (χ2n) is 12.4. The summed E-state index contributed by atoms with van der Waals surface area (Å²) >= 11 is 0. The van der Waals surface area contributed by atoms with Gasteiger partial charge < -0.3 is 41.1 Å². The number of aliphatic carboxylic acids is 1. The summed E-state index contributed by atoms with van der Waals surface area (Å²) in [5.41, 5.74) is 6.26. The van der Waals surface area contributed by atoms with Crippen molar-refractivity contribution in [3.8, 4) is 0 Å². The Morgan fingerprint density at radius 3 is 1.91 bits per heavy atom. The number of amides is 1. The van der Waals surface area contributed by atoms with Crippen LogP contribution in [-0.4, -0.2) is 79.3 Å². The first-order valence-electron chi connectivity index (χ1n) is 15.1. The Morgan fingerprint density at radius 2 is 1.40 bits per heavy atom. The van der Waals surface area contributed by atoms with Crippen molar-refractivity contribution in [2.75, 3.05) is 0 Å². The number of ether oxygens (including phenoxy) is 1. The van der Waals surface area contributed by atoms with Crippen LogP contribution in [0.5, 0.6) is 0 Å². The minimum absolute atomic E-state index is 0.0915. The van der Waals surface area contributed by atoms with Gasteiger partial charge in [-0.25, -0.2) is 4.79 Å². The fraction of sp³-hybridized carbons (Fsp3) is 0.697. The van der Waals surface area contributed by atoms with Gasteiger partial charge in [-0.05, 0) is 26.2 Å². The number of aliphatic hydroxyl groups excluding tert-OH is 5. The topological polar surface area (TPSA) is 191 Å². The van der Waals surface area contributed by atoms with Crippen LogP contribution >= 0.6 is 0 Å². The van der Waals surface area contributed by atoms with E-state index >= 15 is 0 Å². The molecule has 0 radical (unpaired) electrons. The number of aliphatic hydroxyl groups is 5. The Kier molecular flexibility index (Phi) is 18.6. The molecule has 0 saturated heterocycles. The zero-order chi connectivity index (χ0) is 33.6. The average Bonchev–Trinajstić information content (AvgIpc) is 2.94. The van der Waals surface area contributed by atoms with Crippen LogP contribution in [0.3, 0.4) is 0 Å². The highest BCUT2D eigenvalue weighted by atomic mass is 16.6. The second kappa shape index (κ2) is 19.7. The van der Waals surface area contributed by atoms with Crippen LogP contribution in [0.1, 0.15) is 68.2 Å². The number of carbonyl (C=O) groups excluding carboxylic acids is 1. The van der Waals surface area contributed by atoms with Gasteiger partial charge >= 0.3 is 12.1 Å². The maximum absolute atomic E-state index is 11.5. The third-order valence-corrected chi connectivity index (χ3v) is 8.40. The molecule has 0 aliphatic heterocycles. The number of hydrogen-bond donors (Lipinski definition) is 7. The fourth-order valence-corrected chi connectivity index (χ4v) is 5.41. The molecule has 1 amide bonds. The minimum atomic E-state index is -1.26.